The topological polar surface area (TPSA) is 46.3 Å². The molecule has 2 aromatic rings. The largest absolute Gasteiger partial charge is 0.399 e. The van der Waals surface area contributed by atoms with Crippen LogP contribution in [0.2, 0.25) is 0 Å². The lowest BCUT2D eigenvalue weighted by atomic mass is 10.1. The van der Waals surface area contributed by atoms with Gasteiger partial charge in [0, 0.05) is 24.0 Å². The lowest BCUT2D eigenvalue weighted by Gasteiger charge is -2.18. The average molecular weight is 258 g/mol. The Bertz CT molecular complexity index is 625. The van der Waals surface area contributed by atoms with Crippen LogP contribution >= 0.6 is 0 Å². The quantitative estimate of drug-likeness (QED) is 0.842. The van der Waals surface area contributed by atoms with E-state index < -0.39 is 0 Å². The molecule has 19 heavy (non-hydrogen) atoms. The van der Waals surface area contributed by atoms with E-state index in [0.29, 0.717) is 16.9 Å². The van der Waals surface area contributed by atoms with E-state index in [4.69, 9.17) is 5.73 Å². The van der Waals surface area contributed by atoms with E-state index in [9.17, 15) is 9.18 Å². The Morgan fingerprint density at radius 3 is 2.63 bits per heavy atom. The number of hydrogen-bond acceptors (Lipinski definition) is 2. The van der Waals surface area contributed by atoms with E-state index in [1.807, 2.05) is 6.92 Å². The standard InChI is InChI=1S/C15H15FN2O/c1-10-6-7-12(17)9-14(10)15(19)18(2)13-5-3-4-11(16)8-13/h3-9H,17H2,1-2H3. The summed E-state index contributed by atoms with van der Waals surface area (Å²) < 4.78 is 13.2. The number of hydrogen-bond donors (Lipinski definition) is 1. The van der Waals surface area contributed by atoms with Crippen molar-refractivity contribution in [1.82, 2.24) is 0 Å². The second kappa shape index (κ2) is 5.10. The predicted octanol–water partition coefficient (Wildman–Crippen LogP) is 2.99. The van der Waals surface area contributed by atoms with E-state index in [2.05, 4.69) is 0 Å². The van der Waals surface area contributed by atoms with Gasteiger partial charge >= 0.3 is 0 Å². The van der Waals surface area contributed by atoms with Crippen molar-refractivity contribution in [3.63, 3.8) is 0 Å². The third kappa shape index (κ3) is 2.73. The van der Waals surface area contributed by atoms with Gasteiger partial charge in [-0.25, -0.2) is 4.39 Å². The molecule has 2 rings (SSSR count). The summed E-state index contributed by atoms with van der Waals surface area (Å²) in [6.45, 7) is 1.84. The maximum Gasteiger partial charge on any atom is 0.258 e. The molecule has 1 amide bonds. The maximum atomic E-state index is 13.2. The van der Waals surface area contributed by atoms with Crippen molar-refractivity contribution in [2.45, 2.75) is 6.92 Å². The summed E-state index contributed by atoms with van der Waals surface area (Å²) in [7, 11) is 1.61. The zero-order valence-electron chi connectivity index (χ0n) is 10.9. The highest BCUT2D eigenvalue weighted by Gasteiger charge is 2.16. The number of halogens is 1. The van der Waals surface area contributed by atoms with Crippen LogP contribution in [0.5, 0.6) is 0 Å². The van der Waals surface area contributed by atoms with Gasteiger partial charge in [-0.05, 0) is 42.8 Å². The third-order valence-corrected chi connectivity index (χ3v) is 2.99. The van der Waals surface area contributed by atoms with Gasteiger partial charge < -0.3 is 10.6 Å². The van der Waals surface area contributed by atoms with Crippen LogP contribution in [-0.2, 0) is 0 Å². The molecule has 2 N–H and O–H groups in total. The van der Waals surface area contributed by atoms with Crippen LogP contribution in [0.3, 0.4) is 0 Å². The summed E-state index contributed by atoms with van der Waals surface area (Å²) in [6.07, 6.45) is 0. The van der Waals surface area contributed by atoms with Crippen LogP contribution in [0, 0.1) is 12.7 Å². The van der Waals surface area contributed by atoms with E-state index in [-0.39, 0.29) is 11.7 Å². The van der Waals surface area contributed by atoms with Gasteiger partial charge in [0.1, 0.15) is 5.82 Å². The molecule has 0 aliphatic rings. The third-order valence-electron chi connectivity index (χ3n) is 2.99. The van der Waals surface area contributed by atoms with Crippen LogP contribution in [-0.4, -0.2) is 13.0 Å². The summed E-state index contributed by atoms with van der Waals surface area (Å²) in [4.78, 5) is 13.8. The van der Waals surface area contributed by atoms with Gasteiger partial charge in [0.2, 0.25) is 0 Å². The van der Waals surface area contributed by atoms with Crippen molar-refractivity contribution in [2.75, 3.05) is 17.7 Å². The van der Waals surface area contributed by atoms with Crippen molar-refractivity contribution < 1.29 is 9.18 Å². The van der Waals surface area contributed by atoms with Gasteiger partial charge in [-0.3, -0.25) is 4.79 Å². The molecule has 0 heterocycles. The second-order valence-corrected chi connectivity index (χ2v) is 4.42. The van der Waals surface area contributed by atoms with E-state index in [1.165, 1.54) is 17.0 Å². The van der Waals surface area contributed by atoms with E-state index in [0.717, 1.165) is 5.56 Å². The van der Waals surface area contributed by atoms with Crippen LogP contribution < -0.4 is 10.6 Å². The Kier molecular flexibility index (Phi) is 3.51. The molecule has 0 bridgehead atoms. The van der Waals surface area contributed by atoms with Gasteiger partial charge in [0.15, 0.2) is 0 Å². The number of aryl methyl sites for hydroxylation is 1. The molecule has 3 nitrogen and oxygen atoms in total. The zero-order valence-corrected chi connectivity index (χ0v) is 10.9. The Hall–Kier alpha value is -2.36. The molecular formula is C15H15FN2O. The number of amides is 1. The average Bonchev–Trinajstić information content (AvgIpc) is 2.40. The molecule has 2 aromatic carbocycles. The van der Waals surface area contributed by atoms with Crippen molar-refractivity contribution in [1.29, 1.82) is 0 Å². The monoisotopic (exact) mass is 258 g/mol. The Balaban J connectivity index is 2.36. The molecule has 0 saturated carbocycles. The number of nitrogens with two attached hydrogens (primary N) is 1. The molecule has 0 radical (unpaired) electrons. The van der Waals surface area contributed by atoms with Crippen molar-refractivity contribution in [3.8, 4) is 0 Å². The van der Waals surface area contributed by atoms with Gasteiger partial charge in [-0.2, -0.15) is 0 Å². The lowest BCUT2D eigenvalue weighted by Crippen LogP contribution is -2.27. The fourth-order valence-electron chi connectivity index (χ4n) is 1.85. The molecule has 0 aliphatic heterocycles. The Morgan fingerprint density at radius 1 is 1.21 bits per heavy atom. The van der Waals surface area contributed by atoms with Gasteiger partial charge in [-0.1, -0.05) is 12.1 Å². The molecule has 0 spiro atoms. The van der Waals surface area contributed by atoms with Gasteiger partial charge in [0.05, 0.1) is 0 Å². The first-order valence-electron chi connectivity index (χ1n) is 5.89. The molecule has 4 heteroatoms. The molecule has 0 saturated heterocycles. The SMILES string of the molecule is Cc1ccc(N)cc1C(=O)N(C)c1cccc(F)c1. The minimum atomic E-state index is -0.374. The molecule has 0 aliphatic carbocycles. The molecule has 0 fully saturated rings. The van der Waals surface area contributed by atoms with Crippen molar-refractivity contribution in [3.05, 3.63) is 59.4 Å². The first-order chi connectivity index (χ1) is 8.99. The number of nitrogens with zero attached hydrogens (tertiary/aromatic N) is 1. The summed E-state index contributed by atoms with van der Waals surface area (Å²) >= 11 is 0. The molecular weight excluding hydrogens is 243 g/mol. The van der Waals surface area contributed by atoms with E-state index in [1.54, 1.807) is 37.4 Å². The molecule has 0 aromatic heterocycles. The minimum absolute atomic E-state index is 0.213. The number of anilines is 2. The second-order valence-electron chi connectivity index (χ2n) is 4.42. The number of benzene rings is 2. The van der Waals surface area contributed by atoms with Crippen LogP contribution in [0.4, 0.5) is 15.8 Å². The highest BCUT2D eigenvalue weighted by molar-refractivity contribution is 6.07. The zero-order chi connectivity index (χ0) is 14.0. The summed E-state index contributed by atoms with van der Waals surface area (Å²) in [6, 6.07) is 11.1. The van der Waals surface area contributed by atoms with Crippen LogP contribution in [0.15, 0.2) is 42.5 Å². The number of carbonyl (C=O) groups is 1. The smallest absolute Gasteiger partial charge is 0.258 e. The van der Waals surface area contributed by atoms with Gasteiger partial charge in [0.25, 0.3) is 5.91 Å². The predicted molar refractivity (Wildman–Crippen MR) is 74.7 cm³/mol. The van der Waals surface area contributed by atoms with E-state index >= 15 is 0 Å². The summed E-state index contributed by atoms with van der Waals surface area (Å²) in [5.41, 5.74) is 8.09. The van der Waals surface area contributed by atoms with Crippen LogP contribution in [0.1, 0.15) is 15.9 Å². The first kappa shape index (κ1) is 13.1. The minimum Gasteiger partial charge on any atom is -0.399 e. The molecule has 98 valence electrons. The van der Waals surface area contributed by atoms with Crippen molar-refractivity contribution in [2.24, 2.45) is 0 Å². The first-order valence-corrected chi connectivity index (χ1v) is 5.89. The Morgan fingerprint density at radius 2 is 1.95 bits per heavy atom. The highest BCUT2D eigenvalue weighted by atomic mass is 19.1. The summed E-state index contributed by atoms with van der Waals surface area (Å²) in [5.74, 6) is -0.586. The molecule has 0 unspecified atom stereocenters. The van der Waals surface area contributed by atoms with Crippen molar-refractivity contribution >= 4 is 17.3 Å². The normalized spacial score (nSPS) is 10.3. The fourth-order valence-corrected chi connectivity index (χ4v) is 1.85. The highest BCUT2D eigenvalue weighted by Crippen LogP contribution is 2.20. The fraction of sp³-hybridized carbons (Fsp3) is 0.133. The maximum absolute atomic E-state index is 13.2. The number of carbonyl (C=O) groups excluding carboxylic acids is 1. The number of nitrogen functional groups attached to an aromatic ring is 1. The van der Waals surface area contributed by atoms with Crippen LogP contribution in [0.25, 0.3) is 0 Å². The lowest BCUT2D eigenvalue weighted by molar-refractivity contribution is 0.0992. The Labute approximate surface area is 111 Å². The molecule has 0 atom stereocenters. The number of rotatable bonds is 2. The van der Waals surface area contributed by atoms with Gasteiger partial charge in [-0.15, -0.1) is 0 Å². The summed E-state index contributed by atoms with van der Waals surface area (Å²) in [5, 5.41) is 0.